The second-order valence-electron chi connectivity index (χ2n) is 2.91. The van der Waals surface area contributed by atoms with Crippen LogP contribution in [0.25, 0.3) is 0 Å². The van der Waals surface area contributed by atoms with Crippen LogP contribution in [-0.2, 0) is 19.4 Å². The van der Waals surface area contributed by atoms with Crippen LogP contribution in [0.4, 0.5) is 0 Å². The van der Waals surface area contributed by atoms with Gasteiger partial charge in [0.2, 0.25) is 0 Å². The van der Waals surface area contributed by atoms with Crippen LogP contribution < -0.4 is 0 Å². The van der Waals surface area contributed by atoms with E-state index in [0.29, 0.717) is 0 Å². The minimum absolute atomic E-state index is 0.0216. The van der Waals surface area contributed by atoms with Crippen molar-refractivity contribution in [3.05, 3.63) is 28.2 Å². The Morgan fingerprint density at radius 2 is 2.00 bits per heavy atom. The molecular formula is C9H8Cl2O4S. The molecule has 0 unspecified atom stereocenters. The third kappa shape index (κ3) is 3.10. The molecule has 0 aromatic heterocycles. The lowest BCUT2D eigenvalue weighted by molar-refractivity contribution is -0.137. The number of methoxy groups -OCH3 is 1. The highest BCUT2D eigenvalue weighted by molar-refractivity contribution is 7.92. The van der Waals surface area contributed by atoms with E-state index in [0.717, 1.165) is 7.11 Å². The maximum atomic E-state index is 11.7. The molecule has 16 heavy (non-hydrogen) atoms. The molecule has 0 N–H and O–H groups in total. The van der Waals surface area contributed by atoms with Crippen molar-refractivity contribution in [2.75, 3.05) is 12.9 Å². The summed E-state index contributed by atoms with van der Waals surface area (Å²) in [6.07, 6.45) is 0. The fourth-order valence-electron chi connectivity index (χ4n) is 1.01. The van der Waals surface area contributed by atoms with E-state index in [9.17, 15) is 13.2 Å². The van der Waals surface area contributed by atoms with Gasteiger partial charge in [0.25, 0.3) is 0 Å². The fraction of sp³-hybridized carbons (Fsp3) is 0.222. The highest BCUT2D eigenvalue weighted by atomic mass is 35.5. The summed E-state index contributed by atoms with van der Waals surface area (Å²) in [7, 11) is -2.71. The van der Waals surface area contributed by atoms with Crippen molar-refractivity contribution in [1.29, 1.82) is 0 Å². The van der Waals surface area contributed by atoms with Gasteiger partial charge in [0.15, 0.2) is 15.6 Å². The molecule has 0 radical (unpaired) electrons. The van der Waals surface area contributed by atoms with Crippen LogP contribution in [0.1, 0.15) is 0 Å². The Labute approximate surface area is 103 Å². The maximum absolute atomic E-state index is 11.7. The molecule has 1 rings (SSSR count). The van der Waals surface area contributed by atoms with Crippen LogP contribution in [0, 0.1) is 0 Å². The number of hydrogen-bond donors (Lipinski definition) is 0. The van der Waals surface area contributed by atoms with E-state index < -0.39 is 21.6 Å². The van der Waals surface area contributed by atoms with E-state index in [1.54, 1.807) is 0 Å². The average Bonchev–Trinajstić information content (AvgIpc) is 2.20. The summed E-state index contributed by atoms with van der Waals surface area (Å²) < 4.78 is 27.7. The van der Waals surface area contributed by atoms with Gasteiger partial charge in [0.05, 0.1) is 17.0 Å². The molecule has 0 heterocycles. The van der Waals surface area contributed by atoms with E-state index >= 15 is 0 Å². The van der Waals surface area contributed by atoms with Gasteiger partial charge in [-0.15, -0.1) is 0 Å². The summed E-state index contributed by atoms with van der Waals surface area (Å²) in [4.78, 5) is 10.7. The quantitative estimate of drug-likeness (QED) is 0.795. The van der Waals surface area contributed by atoms with Gasteiger partial charge < -0.3 is 4.74 Å². The van der Waals surface area contributed by atoms with E-state index in [4.69, 9.17) is 23.2 Å². The predicted molar refractivity (Wildman–Crippen MR) is 60.5 cm³/mol. The van der Waals surface area contributed by atoms with Crippen LogP contribution in [0.2, 0.25) is 10.0 Å². The molecule has 0 saturated carbocycles. The number of esters is 1. The van der Waals surface area contributed by atoms with Crippen molar-refractivity contribution in [2.24, 2.45) is 0 Å². The van der Waals surface area contributed by atoms with Gasteiger partial charge >= 0.3 is 5.97 Å². The molecule has 0 atom stereocenters. The molecule has 88 valence electrons. The summed E-state index contributed by atoms with van der Waals surface area (Å²) in [5.41, 5.74) is 0. The number of ether oxygens (including phenoxy) is 1. The molecule has 0 spiro atoms. The van der Waals surface area contributed by atoms with Gasteiger partial charge in [-0.25, -0.2) is 8.42 Å². The highest BCUT2D eigenvalue weighted by Gasteiger charge is 2.22. The third-order valence-electron chi connectivity index (χ3n) is 1.76. The zero-order valence-electron chi connectivity index (χ0n) is 8.24. The van der Waals surface area contributed by atoms with Crippen LogP contribution in [-0.4, -0.2) is 27.2 Å². The van der Waals surface area contributed by atoms with E-state index in [2.05, 4.69) is 4.74 Å². The molecule has 0 bridgehead atoms. The zero-order valence-corrected chi connectivity index (χ0v) is 10.6. The molecule has 0 aliphatic heterocycles. The largest absolute Gasteiger partial charge is 0.468 e. The number of carbonyl (C=O) groups excluding carboxylic acids is 1. The van der Waals surface area contributed by atoms with Gasteiger partial charge in [-0.3, -0.25) is 4.79 Å². The lowest BCUT2D eigenvalue weighted by atomic mass is 10.4. The number of rotatable bonds is 3. The number of halogens is 2. The van der Waals surface area contributed by atoms with Crippen LogP contribution in [0.15, 0.2) is 23.1 Å². The van der Waals surface area contributed by atoms with Crippen molar-refractivity contribution < 1.29 is 17.9 Å². The standard InChI is InChI=1S/C9H8Cl2O4S/c1-15-9(12)5-16(13,14)8-4-6(10)2-3-7(8)11/h2-4H,5H2,1H3. The van der Waals surface area contributed by atoms with E-state index in [1.165, 1.54) is 18.2 Å². The van der Waals surface area contributed by atoms with E-state index in [-0.39, 0.29) is 14.9 Å². The van der Waals surface area contributed by atoms with Crippen molar-refractivity contribution in [3.8, 4) is 0 Å². The molecular weight excluding hydrogens is 275 g/mol. The number of benzene rings is 1. The summed E-state index contributed by atoms with van der Waals surface area (Å²) >= 11 is 11.4. The SMILES string of the molecule is COC(=O)CS(=O)(=O)c1cc(Cl)ccc1Cl. The van der Waals surface area contributed by atoms with Gasteiger partial charge in [-0.05, 0) is 18.2 Å². The van der Waals surface area contributed by atoms with E-state index in [1.807, 2.05) is 0 Å². The fourth-order valence-corrected chi connectivity index (χ4v) is 2.97. The second-order valence-corrected chi connectivity index (χ2v) is 5.71. The third-order valence-corrected chi connectivity index (χ3v) is 4.06. The molecule has 0 fully saturated rings. The first kappa shape index (κ1) is 13.3. The van der Waals surface area contributed by atoms with Crippen LogP contribution in [0.5, 0.6) is 0 Å². The van der Waals surface area contributed by atoms with Crippen LogP contribution in [0.3, 0.4) is 0 Å². The first-order valence-corrected chi connectivity index (χ1v) is 6.52. The Kier molecular flexibility index (Phi) is 4.18. The second kappa shape index (κ2) is 5.03. The Hall–Kier alpha value is -0.780. The molecule has 0 saturated heterocycles. The first-order chi connectivity index (χ1) is 7.36. The summed E-state index contributed by atoms with van der Waals surface area (Å²) in [5, 5.41) is 0.251. The highest BCUT2D eigenvalue weighted by Crippen LogP contribution is 2.25. The molecule has 4 nitrogen and oxygen atoms in total. The maximum Gasteiger partial charge on any atom is 0.321 e. The molecule has 1 aromatic rings. The lowest BCUT2D eigenvalue weighted by Crippen LogP contribution is -2.17. The summed E-state index contributed by atoms with van der Waals surface area (Å²) in [5.74, 6) is -1.61. The van der Waals surface area contributed by atoms with Gasteiger partial charge in [0.1, 0.15) is 0 Å². The Bertz CT molecular complexity index is 510. The monoisotopic (exact) mass is 282 g/mol. The zero-order chi connectivity index (χ0) is 12.3. The molecule has 0 aliphatic rings. The average molecular weight is 283 g/mol. The minimum atomic E-state index is -3.82. The van der Waals surface area contributed by atoms with Gasteiger partial charge in [0, 0.05) is 5.02 Å². The van der Waals surface area contributed by atoms with Crippen molar-refractivity contribution in [1.82, 2.24) is 0 Å². The first-order valence-electron chi connectivity index (χ1n) is 4.11. The number of carbonyl (C=O) groups is 1. The Morgan fingerprint density at radius 1 is 1.38 bits per heavy atom. The molecule has 0 aliphatic carbocycles. The Morgan fingerprint density at radius 3 is 2.56 bits per heavy atom. The molecule has 0 amide bonds. The smallest absolute Gasteiger partial charge is 0.321 e. The summed E-state index contributed by atoms with van der Waals surface area (Å²) in [6.45, 7) is 0. The predicted octanol–water partition coefficient (Wildman–Crippen LogP) is 1.94. The van der Waals surface area contributed by atoms with Crippen molar-refractivity contribution >= 4 is 39.0 Å². The molecule has 7 heteroatoms. The summed E-state index contributed by atoms with van der Waals surface area (Å²) in [6, 6.07) is 4.01. The topological polar surface area (TPSA) is 60.4 Å². The lowest BCUT2D eigenvalue weighted by Gasteiger charge is -2.05. The van der Waals surface area contributed by atoms with Gasteiger partial charge in [-0.1, -0.05) is 23.2 Å². The Balaban J connectivity index is 3.17. The molecule has 1 aromatic carbocycles. The van der Waals surface area contributed by atoms with Crippen molar-refractivity contribution in [2.45, 2.75) is 4.90 Å². The van der Waals surface area contributed by atoms with Crippen molar-refractivity contribution in [3.63, 3.8) is 0 Å². The normalized spacial score (nSPS) is 11.2. The number of sulfone groups is 1. The van der Waals surface area contributed by atoms with Crippen LogP contribution >= 0.6 is 23.2 Å². The number of hydrogen-bond acceptors (Lipinski definition) is 4. The van der Waals surface area contributed by atoms with Gasteiger partial charge in [-0.2, -0.15) is 0 Å². The minimum Gasteiger partial charge on any atom is -0.468 e.